The van der Waals surface area contributed by atoms with Crippen LogP contribution in [0.1, 0.15) is 22.8 Å². The van der Waals surface area contributed by atoms with Crippen molar-refractivity contribution < 1.29 is 9.53 Å². The Morgan fingerprint density at radius 2 is 1.88 bits per heavy atom. The molecule has 0 radical (unpaired) electrons. The van der Waals surface area contributed by atoms with Crippen molar-refractivity contribution >= 4 is 27.5 Å². The van der Waals surface area contributed by atoms with Gasteiger partial charge in [0.2, 0.25) is 0 Å². The van der Waals surface area contributed by atoms with Crippen molar-refractivity contribution in [3.8, 4) is 5.75 Å². The zero-order valence-electron chi connectivity index (χ0n) is 13.8. The van der Waals surface area contributed by atoms with E-state index in [-0.39, 0.29) is 12.6 Å². The van der Waals surface area contributed by atoms with Crippen LogP contribution in [0.5, 0.6) is 5.75 Å². The molecule has 0 unspecified atom stereocenters. The van der Waals surface area contributed by atoms with E-state index in [4.69, 9.17) is 4.74 Å². The van der Waals surface area contributed by atoms with Gasteiger partial charge in [-0.3, -0.25) is 4.79 Å². The summed E-state index contributed by atoms with van der Waals surface area (Å²) >= 11 is 3.35. The largest absolute Gasteiger partial charge is 0.471 e. The maximum absolute atomic E-state index is 12.2. The predicted octanol–water partition coefficient (Wildman–Crippen LogP) is 4.50. The van der Waals surface area contributed by atoms with E-state index >= 15 is 0 Å². The van der Waals surface area contributed by atoms with Gasteiger partial charge in [0.25, 0.3) is 5.91 Å². The first kappa shape index (κ1) is 17.2. The SMILES string of the molecule is CCc1ccc(OCn2cc(NC(=O)c3ccc(Br)cc3)cn2)cc1. The van der Waals surface area contributed by atoms with Crippen LogP contribution in [-0.2, 0) is 13.2 Å². The molecular formula is C19H18BrN3O2. The normalized spacial score (nSPS) is 10.5. The quantitative estimate of drug-likeness (QED) is 0.663. The molecule has 5 nitrogen and oxygen atoms in total. The molecular weight excluding hydrogens is 382 g/mol. The van der Waals surface area contributed by atoms with E-state index < -0.39 is 0 Å². The van der Waals surface area contributed by atoms with Gasteiger partial charge in [-0.15, -0.1) is 0 Å². The molecule has 0 saturated heterocycles. The van der Waals surface area contributed by atoms with Gasteiger partial charge >= 0.3 is 0 Å². The minimum Gasteiger partial charge on any atom is -0.471 e. The number of carbonyl (C=O) groups excluding carboxylic acids is 1. The molecule has 6 heteroatoms. The van der Waals surface area contributed by atoms with Crippen LogP contribution in [0.4, 0.5) is 5.69 Å². The second-order valence-corrected chi connectivity index (χ2v) is 6.42. The molecule has 0 spiro atoms. The molecule has 25 heavy (non-hydrogen) atoms. The average molecular weight is 400 g/mol. The molecule has 0 atom stereocenters. The number of hydrogen-bond acceptors (Lipinski definition) is 3. The summed E-state index contributed by atoms with van der Waals surface area (Å²) < 4.78 is 8.25. The fourth-order valence-electron chi connectivity index (χ4n) is 2.27. The minimum atomic E-state index is -0.178. The summed E-state index contributed by atoms with van der Waals surface area (Å²) in [4.78, 5) is 12.2. The van der Waals surface area contributed by atoms with Crippen molar-refractivity contribution in [2.75, 3.05) is 5.32 Å². The summed E-state index contributed by atoms with van der Waals surface area (Å²) in [6.45, 7) is 2.39. The van der Waals surface area contributed by atoms with Crippen molar-refractivity contribution in [3.63, 3.8) is 0 Å². The van der Waals surface area contributed by atoms with E-state index in [1.54, 1.807) is 29.2 Å². The molecule has 0 saturated carbocycles. The number of aromatic nitrogens is 2. The van der Waals surface area contributed by atoms with Crippen molar-refractivity contribution in [2.24, 2.45) is 0 Å². The monoisotopic (exact) mass is 399 g/mol. The lowest BCUT2D eigenvalue weighted by Crippen LogP contribution is -2.11. The molecule has 1 heterocycles. The zero-order chi connectivity index (χ0) is 17.6. The molecule has 2 aromatic carbocycles. The third-order valence-electron chi connectivity index (χ3n) is 3.69. The number of aryl methyl sites for hydroxylation is 1. The van der Waals surface area contributed by atoms with Crippen LogP contribution >= 0.6 is 15.9 Å². The van der Waals surface area contributed by atoms with Gasteiger partial charge < -0.3 is 10.1 Å². The molecule has 1 aromatic heterocycles. The van der Waals surface area contributed by atoms with Gasteiger partial charge in [0.05, 0.1) is 18.1 Å². The van der Waals surface area contributed by atoms with E-state index in [2.05, 4.69) is 33.3 Å². The van der Waals surface area contributed by atoms with Crippen LogP contribution in [0.25, 0.3) is 0 Å². The van der Waals surface area contributed by atoms with Crippen LogP contribution in [0.3, 0.4) is 0 Å². The average Bonchev–Trinajstić information content (AvgIpc) is 3.08. The molecule has 1 N–H and O–H groups in total. The molecule has 0 bridgehead atoms. The molecule has 0 aliphatic carbocycles. The van der Waals surface area contributed by atoms with E-state index in [9.17, 15) is 4.79 Å². The summed E-state index contributed by atoms with van der Waals surface area (Å²) in [5, 5.41) is 7.01. The highest BCUT2D eigenvalue weighted by Crippen LogP contribution is 2.15. The van der Waals surface area contributed by atoms with E-state index in [1.807, 2.05) is 36.4 Å². The van der Waals surface area contributed by atoms with E-state index in [0.29, 0.717) is 11.3 Å². The first-order chi connectivity index (χ1) is 12.1. The number of halogens is 1. The summed E-state index contributed by atoms with van der Waals surface area (Å²) in [5.74, 6) is 0.608. The van der Waals surface area contributed by atoms with Crippen LogP contribution in [0, 0.1) is 0 Å². The topological polar surface area (TPSA) is 56.1 Å². The Bertz CT molecular complexity index is 842. The molecule has 0 aliphatic heterocycles. The lowest BCUT2D eigenvalue weighted by atomic mass is 10.2. The Labute approximate surface area is 154 Å². The number of nitrogens with one attached hydrogen (secondary N) is 1. The Morgan fingerprint density at radius 3 is 2.56 bits per heavy atom. The summed E-state index contributed by atoms with van der Waals surface area (Å²) in [7, 11) is 0. The number of ether oxygens (including phenoxy) is 1. The Morgan fingerprint density at radius 1 is 1.16 bits per heavy atom. The highest BCUT2D eigenvalue weighted by molar-refractivity contribution is 9.10. The number of carbonyl (C=O) groups is 1. The highest BCUT2D eigenvalue weighted by Gasteiger charge is 2.07. The number of anilines is 1. The molecule has 3 aromatic rings. The third-order valence-corrected chi connectivity index (χ3v) is 4.22. The molecule has 0 aliphatic rings. The second kappa shape index (κ2) is 7.98. The van der Waals surface area contributed by atoms with Crippen LogP contribution in [-0.4, -0.2) is 15.7 Å². The van der Waals surface area contributed by atoms with Gasteiger partial charge in [0, 0.05) is 10.0 Å². The van der Waals surface area contributed by atoms with Gasteiger partial charge in [-0.05, 0) is 48.4 Å². The Balaban J connectivity index is 1.56. The third kappa shape index (κ3) is 4.70. The number of hydrogen-bond donors (Lipinski definition) is 1. The van der Waals surface area contributed by atoms with E-state index in [0.717, 1.165) is 16.6 Å². The van der Waals surface area contributed by atoms with Crippen LogP contribution in [0.2, 0.25) is 0 Å². The first-order valence-corrected chi connectivity index (χ1v) is 8.74. The second-order valence-electron chi connectivity index (χ2n) is 5.50. The van der Waals surface area contributed by atoms with Gasteiger partial charge in [-0.2, -0.15) is 5.10 Å². The summed E-state index contributed by atoms with van der Waals surface area (Å²) in [6, 6.07) is 15.1. The lowest BCUT2D eigenvalue weighted by molar-refractivity contribution is 0.102. The standard InChI is InChI=1S/C19H18BrN3O2/c1-2-14-3-9-18(10-4-14)25-13-23-12-17(11-21-23)22-19(24)15-5-7-16(20)8-6-15/h3-12H,2,13H2,1H3,(H,22,24). The molecule has 1 amide bonds. The van der Waals surface area contributed by atoms with Crippen molar-refractivity contribution in [2.45, 2.75) is 20.1 Å². The van der Waals surface area contributed by atoms with Crippen molar-refractivity contribution in [1.29, 1.82) is 0 Å². The number of amides is 1. The predicted molar refractivity (Wildman–Crippen MR) is 101 cm³/mol. The maximum Gasteiger partial charge on any atom is 0.255 e. The Hall–Kier alpha value is -2.60. The van der Waals surface area contributed by atoms with Crippen LogP contribution in [0.15, 0.2) is 65.4 Å². The van der Waals surface area contributed by atoms with Crippen molar-refractivity contribution in [1.82, 2.24) is 9.78 Å². The fraction of sp³-hybridized carbons (Fsp3) is 0.158. The zero-order valence-corrected chi connectivity index (χ0v) is 15.4. The van der Waals surface area contributed by atoms with Gasteiger partial charge in [-0.25, -0.2) is 4.68 Å². The molecule has 0 fully saturated rings. The van der Waals surface area contributed by atoms with Gasteiger partial charge in [0.1, 0.15) is 5.75 Å². The van der Waals surface area contributed by atoms with E-state index in [1.165, 1.54) is 5.56 Å². The fourth-order valence-corrected chi connectivity index (χ4v) is 2.53. The number of rotatable bonds is 6. The van der Waals surface area contributed by atoms with Gasteiger partial charge in [0.15, 0.2) is 6.73 Å². The molecule has 128 valence electrons. The van der Waals surface area contributed by atoms with Crippen LogP contribution < -0.4 is 10.1 Å². The van der Waals surface area contributed by atoms with Crippen molar-refractivity contribution in [3.05, 3.63) is 76.5 Å². The Kier molecular flexibility index (Phi) is 5.50. The van der Waals surface area contributed by atoms with Gasteiger partial charge in [-0.1, -0.05) is 35.0 Å². The highest BCUT2D eigenvalue weighted by atomic mass is 79.9. The minimum absolute atomic E-state index is 0.178. The smallest absolute Gasteiger partial charge is 0.255 e. The number of benzene rings is 2. The summed E-state index contributed by atoms with van der Waals surface area (Å²) in [5.41, 5.74) is 2.48. The lowest BCUT2D eigenvalue weighted by Gasteiger charge is -2.06. The first-order valence-electron chi connectivity index (χ1n) is 7.95. The molecule has 3 rings (SSSR count). The summed E-state index contributed by atoms with van der Waals surface area (Å²) in [6.07, 6.45) is 4.33. The number of nitrogens with zero attached hydrogens (tertiary/aromatic N) is 2. The maximum atomic E-state index is 12.2.